The van der Waals surface area contributed by atoms with Gasteiger partial charge in [-0.3, -0.25) is 0 Å². The average molecular weight is 368 g/mol. The van der Waals surface area contributed by atoms with Gasteiger partial charge in [-0.1, -0.05) is 11.6 Å². The van der Waals surface area contributed by atoms with Gasteiger partial charge in [-0.2, -0.15) is 0 Å². The van der Waals surface area contributed by atoms with Crippen LogP contribution in [-0.2, 0) is 24.4 Å². The number of ether oxygens (including phenoxy) is 1. The molecule has 1 aromatic carbocycles. The Hall–Kier alpha value is -0.670. The van der Waals surface area contributed by atoms with Gasteiger partial charge in [0.1, 0.15) is 0 Å². The third kappa shape index (κ3) is 3.99. The molecule has 2 rings (SSSR count). The Labute approximate surface area is 135 Å². The first kappa shape index (κ1) is 17.7. The van der Waals surface area contributed by atoms with Crippen LogP contribution in [0.2, 0.25) is 5.02 Å². The highest BCUT2D eigenvalue weighted by molar-refractivity contribution is 7.96. The SMILES string of the molecule is COCCN[C@@H]1CS(=O)(=O)C[C@H]1S(=O)(=O)c1ccc(Cl)cc1. The van der Waals surface area contributed by atoms with E-state index in [0.717, 1.165) is 0 Å². The normalized spacial score (nSPS) is 24.5. The molecule has 1 aliphatic heterocycles. The molecule has 1 N–H and O–H groups in total. The lowest BCUT2D eigenvalue weighted by Crippen LogP contribution is -2.44. The zero-order valence-corrected chi connectivity index (χ0v) is 14.4. The van der Waals surface area contributed by atoms with Gasteiger partial charge in [0.15, 0.2) is 19.7 Å². The maximum atomic E-state index is 12.7. The zero-order valence-electron chi connectivity index (χ0n) is 12.0. The van der Waals surface area contributed by atoms with Gasteiger partial charge < -0.3 is 10.1 Å². The molecule has 1 heterocycles. The Morgan fingerprint density at radius 2 is 1.91 bits per heavy atom. The van der Waals surface area contributed by atoms with Crippen molar-refractivity contribution < 1.29 is 21.6 Å². The lowest BCUT2D eigenvalue weighted by atomic mass is 10.2. The second kappa shape index (κ2) is 6.84. The molecule has 0 spiro atoms. The van der Waals surface area contributed by atoms with Crippen LogP contribution < -0.4 is 5.32 Å². The minimum absolute atomic E-state index is 0.0811. The quantitative estimate of drug-likeness (QED) is 0.737. The van der Waals surface area contributed by atoms with Gasteiger partial charge in [-0.15, -0.1) is 0 Å². The Bertz CT molecular complexity index is 715. The van der Waals surface area contributed by atoms with Crippen molar-refractivity contribution in [1.82, 2.24) is 5.32 Å². The second-order valence-electron chi connectivity index (χ2n) is 5.17. The topological polar surface area (TPSA) is 89.5 Å². The second-order valence-corrected chi connectivity index (χ2v) is 9.92. The first-order valence-electron chi connectivity index (χ1n) is 6.68. The molecule has 1 aliphatic rings. The third-order valence-electron chi connectivity index (χ3n) is 3.55. The van der Waals surface area contributed by atoms with Crippen LogP contribution in [0.15, 0.2) is 29.2 Å². The minimum Gasteiger partial charge on any atom is -0.383 e. The smallest absolute Gasteiger partial charge is 0.183 e. The summed E-state index contributed by atoms with van der Waals surface area (Å²) in [4.78, 5) is 0.0811. The molecule has 1 fully saturated rings. The molecule has 6 nitrogen and oxygen atoms in total. The maximum Gasteiger partial charge on any atom is 0.183 e. The van der Waals surface area contributed by atoms with E-state index in [2.05, 4.69) is 5.32 Å². The number of sulfone groups is 2. The van der Waals surface area contributed by atoms with Crippen molar-refractivity contribution in [3.8, 4) is 0 Å². The maximum absolute atomic E-state index is 12.7. The third-order valence-corrected chi connectivity index (χ3v) is 7.97. The molecule has 22 heavy (non-hydrogen) atoms. The fourth-order valence-corrected chi connectivity index (χ4v) is 7.30. The predicted molar refractivity (Wildman–Crippen MR) is 84.7 cm³/mol. The summed E-state index contributed by atoms with van der Waals surface area (Å²) in [5.41, 5.74) is 0. The number of hydrogen-bond acceptors (Lipinski definition) is 6. The number of methoxy groups -OCH3 is 1. The molecule has 0 bridgehead atoms. The molecule has 2 atom stereocenters. The first-order chi connectivity index (χ1) is 10.3. The van der Waals surface area contributed by atoms with E-state index in [4.69, 9.17) is 16.3 Å². The first-order valence-corrected chi connectivity index (χ1v) is 10.4. The van der Waals surface area contributed by atoms with Crippen LogP contribution >= 0.6 is 11.6 Å². The number of rotatable bonds is 6. The largest absolute Gasteiger partial charge is 0.383 e. The van der Waals surface area contributed by atoms with Gasteiger partial charge in [0.25, 0.3) is 0 Å². The van der Waals surface area contributed by atoms with Crippen molar-refractivity contribution in [1.29, 1.82) is 0 Å². The monoisotopic (exact) mass is 367 g/mol. The summed E-state index contributed by atoms with van der Waals surface area (Å²) < 4.78 is 54.0. The molecule has 0 amide bonds. The van der Waals surface area contributed by atoms with Crippen molar-refractivity contribution in [3.05, 3.63) is 29.3 Å². The Morgan fingerprint density at radius 3 is 2.50 bits per heavy atom. The summed E-state index contributed by atoms with van der Waals surface area (Å²) >= 11 is 5.76. The number of hydrogen-bond donors (Lipinski definition) is 1. The van der Waals surface area contributed by atoms with Gasteiger partial charge in [-0.05, 0) is 24.3 Å². The summed E-state index contributed by atoms with van der Waals surface area (Å²) in [5, 5.41) is 2.39. The lowest BCUT2D eigenvalue weighted by molar-refractivity contribution is 0.196. The molecule has 0 unspecified atom stereocenters. The van der Waals surface area contributed by atoms with E-state index < -0.39 is 31.0 Å². The molecular weight excluding hydrogens is 350 g/mol. The summed E-state index contributed by atoms with van der Waals surface area (Å²) in [6.07, 6.45) is 0. The van der Waals surface area contributed by atoms with E-state index in [-0.39, 0.29) is 16.4 Å². The Balaban J connectivity index is 2.28. The standard InChI is InChI=1S/C13H18ClNO5S2/c1-20-7-6-15-12-8-21(16,17)9-13(12)22(18,19)11-4-2-10(14)3-5-11/h2-5,12-13,15H,6-9H2,1H3/t12-,13-/m1/s1. The van der Waals surface area contributed by atoms with Gasteiger partial charge in [0, 0.05) is 24.7 Å². The molecule has 0 aliphatic carbocycles. The zero-order chi connectivity index (χ0) is 16.4. The van der Waals surface area contributed by atoms with Crippen molar-refractivity contribution in [2.24, 2.45) is 0 Å². The van der Waals surface area contributed by atoms with Crippen molar-refractivity contribution in [3.63, 3.8) is 0 Å². The minimum atomic E-state index is -3.75. The van der Waals surface area contributed by atoms with Crippen molar-refractivity contribution in [2.75, 3.05) is 31.8 Å². The number of halogens is 1. The molecule has 9 heteroatoms. The number of benzene rings is 1. The van der Waals surface area contributed by atoms with E-state index in [0.29, 0.717) is 18.2 Å². The van der Waals surface area contributed by atoms with Crippen molar-refractivity contribution in [2.45, 2.75) is 16.2 Å². The molecular formula is C13H18ClNO5S2. The molecule has 1 aromatic rings. The highest BCUT2D eigenvalue weighted by atomic mass is 35.5. The predicted octanol–water partition coefficient (Wildman–Crippen LogP) is 0.515. The van der Waals surface area contributed by atoms with Gasteiger partial charge >= 0.3 is 0 Å². The van der Waals surface area contributed by atoms with Crippen LogP contribution in [0.4, 0.5) is 0 Å². The Morgan fingerprint density at radius 1 is 1.27 bits per heavy atom. The van der Waals surface area contributed by atoms with E-state index in [1.807, 2.05) is 0 Å². The molecule has 0 saturated carbocycles. The van der Waals surface area contributed by atoms with Gasteiger partial charge in [0.2, 0.25) is 0 Å². The lowest BCUT2D eigenvalue weighted by Gasteiger charge is -2.19. The highest BCUT2D eigenvalue weighted by Gasteiger charge is 2.45. The summed E-state index contributed by atoms with van der Waals surface area (Å²) in [5.74, 6) is -0.559. The van der Waals surface area contributed by atoms with E-state index >= 15 is 0 Å². The number of nitrogens with one attached hydrogen (secondary N) is 1. The van der Waals surface area contributed by atoms with Crippen LogP contribution in [0.3, 0.4) is 0 Å². The van der Waals surface area contributed by atoms with E-state index in [9.17, 15) is 16.8 Å². The molecule has 1 saturated heterocycles. The fourth-order valence-electron chi connectivity index (χ4n) is 2.46. The van der Waals surface area contributed by atoms with Crippen LogP contribution in [0.1, 0.15) is 0 Å². The van der Waals surface area contributed by atoms with E-state index in [1.165, 1.54) is 31.4 Å². The fraction of sp³-hybridized carbons (Fsp3) is 0.538. The molecule has 0 aromatic heterocycles. The van der Waals surface area contributed by atoms with Gasteiger partial charge in [-0.25, -0.2) is 16.8 Å². The van der Waals surface area contributed by atoms with Gasteiger partial charge in [0.05, 0.1) is 28.3 Å². The van der Waals surface area contributed by atoms with Crippen molar-refractivity contribution >= 4 is 31.3 Å². The highest BCUT2D eigenvalue weighted by Crippen LogP contribution is 2.26. The van der Waals surface area contributed by atoms with Crippen LogP contribution in [0.25, 0.3) is 0 Å². The van der Waals surface area contributed by atoms with Crippen LogP contribution in [0.5, 0.6) is 0 Å². The van der Waals surface area contributed by atoms with Crippen LogP contribution in [0, 0.1) is 0 Å². The summed E-state index contributed by atoms with van der Waals surface area (Å²) in [6, 6.07) is 5.11. The summed E-state index contributed by atoms with van der Waals surface area (Å²) in [6.45, 7) is 0.771. The Kier molecular flexibility index (Phi) is 5.50. The van der Waals surface area contributed by atoms with E-state index in [1.54, 1.807) is 0 Å². The summed E-state index contributed by atoms with van der Waals surface area (Å²) in [7, 11) is -5.62. The van der Waals surface area contributed by atoms with Crippen LogP contribution in [-0.4, -0.2) is 59.9 Å². The molecule has 0 radical (unpaired) electrons. The average Bonchev–Trinajstić information content (AvgIpc) is 2.75. The molecule has 124 valence electrons.